The van der Waals surface area contributed by atoms with Crippen molar-refractivity contribution in [3.63, 3.8) is 0 Å². The van der Waals surface area contributed by atoms with Gasteiger partial charge in [0.15, 0.2) is 0 Å². The average Bonchev–Trinajstić information content (AvgIpc) is 2.94. The SMILES string of the molecule is C1=CC2CCC1C2.Cc1ccccc1C(=O)O. The number of aryl methyl sites for hydroxylation is 1. The molecular formula is C15H18O2. The number of carboxylic acid groups (broad SMARTS) is 1. The fourth-order valence-corrected chi connectivity index (χ4v) is 2.53. The van der Waals surface area contributed by atoms with Crippen molar-refractivity contribution in [3.05, 3.63) is 47.5 Å². The monoisotopic (exact) mass is 230 g/mol. The van der Waals surface area contributed by atoms with Gasteiger partial charge in [-0.2, -0.15) is 0 Å². The summed E-state index contributed by atoms with van der Waals surface area (Å²) in [6.07, 6.45) is 9.19. The molecule has 90 valence electrons. The van der Waals surface area contributed by atoms with E-state index in [9.17, 15) is 4.79 Å². The molecular weight excluding hydrogens is 212 g/mol. The summed E-state index contributed by atoms with van der Waals surface area (Å²) >= 11 is 0. The van der Waals surface area contributed by atoms with E-state index >= 15 is 0 Å². The molecule has 1 aromatic carbocycles. The number of carboxylic acids is 1. The Bertz CT molecular complexity index is 422. The topological polar surface area (TPSA) is 37.3 Å². The standard InChI is InChI=1S/C8H8O2.C7H10/c1-6-4-2-3-5-7(6)8(9)10;1-2-7-4-3-6(1)5-7/h2-5H,1H3,(H,9,10);1-2,6-7H,3-5H2. The van der Waals surface area contributed by atoms with E-state index in [4.69, 9.17) is 5.11 Å². The maximum atomic E-state index is 10.4. The number of aromatic carboxylic acids is 1. The van der Waals surface area contributed by atoms with Gasteiger partial charge in [-0.1, -0.05) is 30.4 Å². The molecule has 2 aliphatic carbocycles. The Labute approximate surface area is 102 Å². The summed E-state index contributed by atoms with van der Waals surface area (Å²) in [6.45, 7) is 1.78. The summed E-state index contributed by atoms with van der Waals surface area (Å²) in [6, 6.07) is 6.92. The van der Waals surface area contributed by atoms with E-state index in [1.807, 2.05) is 6.07 Å². The molecule has 1 N–H and O–H groups in total. The van der Waals surface area contributed by atoms with Crippen LogP contribution in [0, 0.1) is 18.8 Å². The molecule has 17 heavy (non-hydrogen) atoms. The van der Waals surface area contributed by atoms with Crippen molar-refractivity contribution < 1.29 is 9.90 Å². The van der Waals surface area contributed by atoms with Gasteiger partial charge in [-0.15, -0.1) is 0 Å². The Hall–Kier alpha value is -1.57. The highest BCUT2D eigenvalue weighted by Crippen LogP contribution is 2.38. The van der Waals surface area contributed by atoms with Crippen LogP contribution in [0.1, 0.15) is 35.2 Å². The maximum Gasteiger partial charge on any atom is 0.335 e. The molecule has 1 aromatic rings. The number of hydrogen-bond acceptors (Lipinski definition) is 1. The number of benzene rings is 1. The van der Waals surface area contributed by atoms with E-state index in [1.54, 1.807) is 25.1 Å². The normalized spacial score (nSPS) is 24.3. The zero-order valence-electron chi connectivity index (χ0n) is 10.1. The van der Waals surface area contributed by atoms with E-state index in [0.29, 0.717) is 5.56 Å². The summed E-state index contributed by atoms with van der Waals surface area (Å²) in [5.41, 5.74) is 1.18. The second-order valence-electron chi connectivity index (χ2n) is 4.84. The van der Waals surface area contributed by atoms with Crippen LogP contribution in [-0.4, -0.2) is 11.1 Å². The number of rotatable bonds is 1. The first kappa shape index (κ1) is 11.9. The molecule has 0 heterocycles. The lowest BCUT2D eigenvalue weighted by molar-refractivity contribution is 0.0696. The molecule has 2 bridgehead atoms. The summed E-state index contributed by atoms with van der Waals surface area (Å²) in [5.74, 6) is 1.12. The van der Waals surface area contributed by atoms with Crippen molar-refractivity contribution in [2.75, 3.05) is 0 Å². The molecule has 0 saturated heterocycles. The Morgan fingerprint density at radius 3 is 2.06 bits per heavy atom. The molecule has 0 amide bonds. The molecule has 0 aliphatic heterocycles. The van der Waals surface area contributed by atoms with Crippen molar-refractivity contribution in [1.82, 2.24) is 0 Å². The van der Waals surface area contributed by atoms with Crippen molar-refractivity contribution in [1.29, 1.82) is 0 Å². The lowest BCUT2D eigenvalue weighted by atomic mass is 10.1. The third-order valence-electron chi connectivity index (χ3n) is 3.54. The highest BCUT2D eigenvalue weighted by molar-refractivity contribution is 5.89. The molecule has 2 nitrogen and oxygen atoms in total. The van der Waals surface area contributed by atoms with Crippen LogP contribution in [0.2, 0.25) is 0 Å². The zero-order chi connectivity index (χ0) is 12.3. The van der Waals surface area contributed by atoms with Crippen molar-refractivity contribution in [2.24, 2.45) is 11.8 Å². The minimum absolute atomic E-state index is 0.377. The van der Waals surface area contributed by atoms with Gasteiger partial charge in [0, 0.05) is 0 Å². The predicted octanol–water partition coefficient (Wildman–Crippen LogP) is 3.67. The van der Waals surface area contributed by atoms with Gasteiger partial charge >= 0.3 is 5.97 Å². The predicted molar refractivity (Wildman–Crippen MR) is 68.1 cm³/mol. The Morgan fingerprint density at radius 2 is 1.76 bits per heavy atom. The lowest BCUT2D eigenvalue weighted by Crippen LogP contribution is -1.97. The highest BCUT2D eigenvalue weighted by atomic mass is 16.4. The second kappa shape index (κ2) is 5.17. The zero-order valence-corrected chi connectivity index (χ0v) is 10.1. The molecule has 2 atom stereocenters. The third-order valence-corrected chi connectivity index (χ3v) is 3.54. The molecule has 1 saturated carbocycles. The van der Waals surface area contributed by atoms with Gasteiger partial charge < -0.3 is 5.11 Å². The van der Waals surface area contributed by atoms with E-state index in [1.165, 1.54) is 19.3 Å². The average molecular weight is 230 g/mol. The number of fused-ring (bicyclic) bond motifs is 2. The Balaban J connectivity index is 0.000000134. The Morgan fingerprint density at radius 1 is 1.18 bits per heavy atom. The summed E-state index contributed by atoms with van der Waals surface area (Å²) in [7, 11) is 0. The van der Waals surface area contributed by atoms with Gasteiger partial charge in [0.1, 0.15) is 0 Å². The van der Waals surface area contributed by atoms with Gasteiger partial charge in [-0.05, 0) is 49.7 Å². The molecule has 0 spiro atoms. The van der Waals surface area contributed by atoms with Gasteiger partial charge in [0.05, 0.1) is 5.56 Å². The molecule has 0 radical (unpaired) electrons. The minimum Gasteiger partial charge on any atom is -0.478 e. The van der Waals surface area contributed by atoms with Crippen LogP contribution in [0.5, 0.6) is 0 Å². The van der Waals surface area contributed by atoms with Crippen LogP contribution >= 0.6 is 0 Å². The van der Waals surface area contributed by atoms with Crippen LogP contribution < -0.4 is 0 Å². The van der Waals surface area contributed by atoms with E-state index in [-0.39, 0.29) is 0 Å². The van der Waals surface area contributed by atoms with Crippen LogP contribution in [0.3, 0.4) is 0 Å². The molecule has 3 rings (SSSR count). The first-order valence-electron chi connectivity index (χ1n) is 6.14. The number of allylic oxidation sites excluding steroid dienone is 2. The lowest BCUT2D eigenvalue weighted by Gasteiger charge is -1.96. The molecule has 0 aromatic heterocycles. The number of carbonyl (C=O) groups is 1. The van der Waals surface area contributed by atoms with Crippen molar-refractivity contribution in [3.8, 4) is 0 Å². The first-order chi connectivity index (χ1) is 8.16. The van der Waals surface area contributed by atoms with E-state index in [0.717, 1.165) is 17.4 Å². The largest absolute Gasteiger partial charge is 0.478 e. The van der Waals surface area contributed by atoms with Crippen LogP contribution in [0.15, 0.2) is 36.4 Å². The molecule has 2 aliphatic rings. The number of hydrogen-bond donors (Lipinski definition) is 1. The van der Waals surface area contributed by atoms with Crippen LogP contribution in [0.25, 0.3) is 0 Å². The second-order valence-corrected chi connectivity index (χ2v) is 4.84. The van der Waals surface area contributed by atoms with Gasteiger partial charge in [0.25, 0.3) is 0 Å². The van der Waals surface area contributed by atoms with Gasteiger partial charge in [0.2, 0.25) is 0 Å². The quantitative estimate of drug-likeness (QED) is 0.747. The summed E-state index contributed by atoms with van der Waals surface area (Å²) < 4.78 is 0. The maximum absolute atomic E-state index is 10.4. The fourth-order valence-electron chi connectivity index (χ4n) is 2.53. The highest BCUT2D eigenvalue weighted by Gasteiger charge is 2.25. The van der Waals surface area contributed by atoms with Crippen molar-refractivity contribution in [2.45, 2.75) is 26.2 Å². The van der Waals surface area contributed by atoms with E-state index in [2.05, 4.69) is 12.2 Å². The molecule has 2 unspecified atom stereocenters. The van der Waals surface area contributed by atoms with E-state index < -0.39 is 5.97 Å². The smallest absolute Gasteiger partial charge is 0.335 e. The van der Waals surface area contributed by atoms with Gasteiger partial charge in [-0.25, -0.2) is 4.79 Å². The van der Waals surface area contributed by atoms with Crippen LogP contribution in [0.4, 0.5) is 0 Å². The van der Waals surface area contributed by atoms with Crippen molar-refractivity contribution >= 4 is 5.97 Å². The Kier molecular flexibility index (Phi) is 3.62. The third kappa shape index (κ3) is 2.96. The van der Waals surface area contributed by atoms with Crippen LogP contribution in [-0.2, 0) is 0 Å². The summed E-state index contributed by atoms with van der Waals surface area (Å²) in [4.78, 5) is 10.4. The molecule has 1 fully saturated rings. The summed E-state index contributed by atoms with van der Waals surface area (Å²) in [5, 5.41) is 8.57. The molecule has 2 heteroatoms. The van der Waals surface area contributed by atoms with Gasteiger partial charge in [-0.3, -0.25) is 0 Å². The first-order valence-corrected chi connectivity index (χ1v) is 6.14. The fraction of sp³-hybridized carbons (Fsp3) is 0.400. The minimum atomic E-state index is -0.863.